The largest absolute Gasteiger partial charge is 0.352 e. The average Bonchev–Trinajstić information content (AvgIpc) is 3.46. The van der Waals surface area contributed by atoms with Gasteiger partial charge in [-0.1, -0.05) is 60.7 Å². The highest BCUT2D eigenvalue weighted by atomic mass is 16.2. The molecule has 1 fully saturated rings. The molecule has 0 saturated heterocycles. The van der Waals surface area contributed by atoms with Crippen molar-refractivity contribution in [2.45, 2.75) is 50.2 Å². The molecule has 0 bridgehead atoms. The number of benzene rings is 2. The molecular formula is C22H27N3O2. The highest BCUT2D eigenvalue weighted by Crippen LogP contribution is 2.19. The molecule has 2 amide bonds. The third-order valence-corrected chi connectivity index (χ3v) is 4.65. The Bertz CT molecular complexity index is 745. The van der Waals surface area contributed by atoms with Crippen LogP contribution in [0.3, 0.4) is 0 Å². The number of nitrogens with two attached hydrogens (primary N) is 1. The maximum absolute atomic E-state index is 12.6. The standard InChI is InChI=1S/C22H27N3O2/c23-18(13-16-7-3-1-4-8-16)15-21(26)25-20(22(27)24-19-11-12-19)14-17-9-5-2-6-10-17/h1-10,18-20H,11-15,23H2,(H,24,27)(H,25,26)/t18-,20?/m1/s1. The number of amides is 2. The Labute approximate surface area is 160 Å². The monoisotopic (exact) mass is 365 g/mol. The summed E-state index contributed by atoms with van der Waals surface area (Å²) in [6, 6.07) is 19.0. The maximum atomic E-state index is 12.6. The number of carbonyl (C=O) groups is 2. The summed E-state index contributed by atoms with van der Waals surface area (Å²) in [5.41, 5.74) is 8.26. The minimum absolute atomic E-state index is 0.119. The van der Waals surface area contributed by atoms with E-state index in [1.807, 2.05) is 60.7 Å². The predicted octanol–water partition coefficient (Wildman–Crippen LogP) is 1.95. The van der Waals surface area contributed by atoms with Crippen LogP contribution < -0.4 is 16.4 Å². The normalized spacial score (nSPS) is 15.6. The van der Waals surface area contributed by atoms with Gasteiger partial charge in [0, 0.05) is 24.9 Å². The SMILES string of the molecule is N[C@@H](CC(=O)NC(Cc1ccccc1)C(=O)NC1CC1)Cc1ccccc1. The van der Waals surface area contributed by atoms with E-state index in [0.717, 1.165) is 24.0 Å². The van der Waals surface area contributed by atoms with E-state index >= 15 is 0 Å². The van der Waals surface area contributed by atoms with Crippen LogP contribution in [0.25, 0.3) is 0 Å². The second kappa shape index (κ2) is 9.33. The Morgan fingerprint density at radius 1 is 0.926 bits per heavy atom. The van der Waals surface area contributed by atoms with Crippen molar-refractivity contribution in [3.63, 3.8) is 0 Å². The van der Waals surface area contributed by atoms with E-state index in [-0.39, 0.29) is 30.3 Å². The van der Waals surface area contributed by atoms with Crippen LogP contribution in [-0.2, 0) is 22.4 Å². The fraction of sp³-hybridized carbons (Fsp3) is 0.364. The van der Waals surface area contributed by atoms with Gasteiger partial charge < -0.3 is 16.4 Å². The van der Waals surface area contributed by atoms with E-state index in [4.69, 9.17) is 5.73 Å². The molecule has 1 aliphatic carbocycles. The second-order valence-corrected chi connectivity index (χ2v) is 7.25. The Balaban J connectivity index is 1.56. The lowest BCUT2D eigenvalue weighted by molar-refractivity contribution is -0.129. The molecule has 0 aliphatic heterocycles. The topological polar surface area (TPSA) is 84.2 Å². The van der Waals surface area contributed by atoms with Crippen LogP contribution in [0.4, 0.5) is 0 Å². The molecule has 27 heavy (non-hydrogen) atoms. The van der Waals surface area contributed by atoms with E-state index in [1.54, 1.807) is 0 Å². The van der Waals surface area contributed by atoms with Gasteiger partial charge >= 0.3 is 0 Å². The molecule has 3 rings (SSSR count). The molecule has 0 aromatic heterocycles. The highest BCUT2D eigenvalue weighted by molar-refractivity contribution is 5.88. The summed E-state index contributed by atoms with van der Waals surface area (Å²) in [4.78, 5) is 25.0. The summed E-state index contributed by atoms with van der Waals surface area (Å²) in [6.07, 6.45) is 3.32. The maximum Gasteiger partial charge on any atom is 0.243 e. The average molecular weight is 365 g/mol. The fourth-order valence-electron chi connectivity index (χ4n) is 3.07. The lowest BCUT2D eigenvalue weighted by atomic mass is 10.0. The molecule has 0 heterocycles. The minimum atomic E-state index is -0.579. The van der Waals surface area contributed by atoms with Gasteiger partial charge in [0.25, 0.3) is 0 Å². The van der Waals surface area contributed by atoms with E-state index < -0.39 is 6.04 Å². The highest BCUT2D eigenvalue weighted by Gasteiger charge is 2.28. The smallest absolute Gasteiger partial charge is 0.243 e. The first-order valence-corrected chi connectivity index (χ1v) is 9.53. The molecule has 4 N–H and O–H groups in total. The summed E-state index contributed by atoms with van der Waals surface area (Å²) in [5, 5.41) is 5.87. The second-order valence-electron chi connectivity index (χ2n) is 7.25. The molecule has 1 aliphatic rings. The van der Waals surface area contributed by atoms with Gasteiger partial charge in [0.2, 0.25) is 11.8 Å². The third kappa shape index (κ3) is 6.53. The van der Waals surface area contributed by atoms with Crippen molar-refractivity contribution in [2.75, 3.05) is 0 Å². The quantitative estimate of drug-likeness (QED) is 0.635. The summed E-state index contributed by atoms with van der Waals surface area (Å²) in [7, 11) is 0. The predicted molar refractivity (Wildman–Crippen MR) is 106 cm³/mol. The van der Waals surface area contributed by atoms with Crippen molar-refractivity contribution >= 4 is 11.8 Å². The summed E-state index contributed by atoms with van der Waals surface area (Å²) >= 11 is 0. The lowest BCUT2D eigenvalue weighted by Gasteiger charge is -2.20. The molecule has 2 aromatic carbocycles. The number of rotatable bonds is 9. The lowest BCUT2D eigenvalue weighted by Crippen LogP contribution is -2.49. The Morgan fingerprint density at radius 3 is 2.04 bits per heavy atom. The number of hydrogen-bond donors (Lipinski definition) is 3. The van der Waals surface area contributed by atoms with Crippen molar-refractivity contribution in [1.82, 2.24) is 10.6 Å². The van der Waals surface area contributed by atoms with Crippen molar-refractivity contribution in [1.29, 1.82) is 0 Å². The molecular weight excluding hydrogens is 338 g/mol. The molecule has 142 valence electrons. The van der Waals surface area contributed by atoms with Gasteiger partial charge in [-0.25, -0.2) is 0 Å². The van der Waals surface area contributed by atoms with Gasteiger partial charge in [-0.05, 0) is 30.4 Å². The first-order chi connectivity index (χ1) is 13.1. The Hall–Kier alpha value is -2.66. The van der Waals surface area contributed by atoms with Crippen LogP contribution in [0.5, 0.6) is 0 Å². The third-order valence-electron chi connectivity index (χ3n) is 4.65. The molecule has 5 nitrogen and oxygen atoms in total. The van der Waals surface area contributed by atoms with Crippen molar-refractivity contribution in [2.24, 2.45) is 5.73 Å². The van der Waals surface area contributed by atoms with Crippen LogP contribution in [0.2, 0.25) is 0 Å². The molecule has 2 aromatic rings. The molecule has 0 radical (unpaired) electrons. The molecule has 1 saturated carbocycles. The van der Waals surface area contributed by atoms with E-state index in [1.165, 1.54) is 0 Å². The number of nitrogens with one attached hydrogen (secondary N) is 2. The molecule has 1 unspecified atom stereocenters. The van der Waals surface area contributed by atoms with Crippen molar-refractivity contribution in [3.8, 4) is 0 Å². The minimum Gasteiger partial charge on any atom is -0.352 e. The summed E-state index contributed by atoms with van der Waals surface area (Å²) < 4.78 is 0. The fourth-order valence-corrected chi connectivity index (χ4v) is 3.07. The van der Waals surface area contributed by atoms with Gasteiger partial charge in [0.05, 0.1) is 0 Å². The van der Waals surface area contributed by atoms with Crippen molar-refractivity contribution in [3.05, 3.63) is 71.8 Å². The van der Waals surface area contributed by atoms with E-state index in [9.17, 15) is 9.59 Å². The zero-order valence-electron chi connectivity index (χ0n) is 15.4. The van der Waals surface area contributed by atoms with Gasteiger partial charge in [0.15, 0.2) is 0 Å². The molecule has 0 spiro atoms. The number of hydrogen-bond acceptors (Lipinski definition) is 3. The van der Waals surface area contributed by atoms with Gasteiger partial charge in [-0.2, -0.15) is 0 Å². The Kier molecular flexibility index (Phi) is 6.60. The first-order valence-electron chi connectivity index (χ1n) is 9.53. The zero-order chi connectivity index (χ0) is 19.1. The van der Waals surface area contributed by atoms with E-state index in [0.29, 0.717) is 12.8 Å². The van der Waals surface area contributed by atoms with Crippen LogP contribution >= 0.6 is 0 Å². The molecule has 5 heteroatoms. The Morgan fingerprint density at radius 2 is 1.48 bits per heavy atom. The summed E-state index contributed by atoms with van der Waals surface area (Å²) in [5.74, 6) is -0.309. The summed E-state index contributed by atoms with van der Waals surface area (Å²) in [6.45, 7) is 0. The van der Waals surface area contributed by atoms with Crippen molar-refractivity contribution < 1.29 is 9.59 Å². The van der Waals surface area contributed by atoms with Crippen LogP contribution in [0.15, 0.2) is 60.7 Å². The molecule has 2 atom stereocenters. The van der Waals surface area contributed by atoms with Gasteiger partial charge in [-0.3, -0.25) is 9.59 Å². The van der Waals surface area contributed by atoms with E-state index in [2.05, 4.69) is 10.6 Å². The van der Waals surface area contributed by atoms with Crippen LogP contribution in [0.1, 0.15) is 30.4 Å². The van der Waals surface area contributed by atoms with Gasteiger partial charge in [-0.15, -0.1) is 0 Å². The van der Waals surface area contributed by atoms with Gasteiger partial charge in [0.1, 0.15) is 6.04 Å². The first kappa shape index (κ1) is 19.1. The van der Waals surface area contributed by atoms with Crippen LogP contribution in [-0.4, -0.2) is 29.9 Å². The number of carbonyl (C=O) groups excluding carboxylic acids is 2. The zero-order valence-corrected chi connectivity index (χ0v) is 15.4. The van der Waals surface area contributed by atoms with Crippen LogP contribution in [0, 0.1) is 0 Å².